The Labute approximate surface area is 75.6 Å². The van der Waals surface area contributed by atoms with E-state index in [2.05, 4.69) is 15.9 Å². The highest BCUT2D eigenvalue weighted by Gasteiger charge is 1.89. The first-order valence-corrected chi connectivity index (χ1v) is 3.80. The molecule has 0 aromatic heterocycles. The van der Waals surface area contributed by atoms with Crippen LogP contribution >= 0.6 is 15.9 Å². The maximum atomic E-state index is 10.0. The third kappa shape index (κ3) is 3.33. The first kappa shape index (κ1) is 10.4. The van der Waals surface area contributed by atoms with Crippen LogP contribution in [0.4, 0.5) is 0 Å². The van der Waals surface area contributed by atoms with Crippen LogP contribution in [0.25, 0.3) is 0 Å². The number of aldehydes is 1. The summed E-state index contributed by atoms with van der Waals surface area (Å²) in [7, 11) is 0. The van der Waals surface area contributed by atoms with Gasteiger partial charge < -0.3 is 4.79 Å². The monoisotopic (exact) mass is 214 g/mol. The number of halogens is 1. The highest BCUT2D eigenvalue weighted by Crippen LogP contribution is 2.09. The molecule has 0 saturated heterocycles. The zero-order chi connectivity index (χ0) is 7.40. The molecule has 1 aromatic carbocycles. The second-order valence-corrected chi connectivity index (χ2v) is 2.91. The molecule has 1 aromatic rings. The Balaban J connectivity index is 0.000001000. The Kier molecular flexibility index (Phi) is 4.79. The standard InChI is InChI=1S/C8H7BrO.CH4/c9-8-3-1-7(2-4-8)5-6-10;/h1-4,6H,5H2;1H4. The van der Waals surface area contributed by atoms with Gasteiger partial charge in [0.15, 0.2) is 0 Å². The molecule has 1 rings (SSSR count). The van der Waals surface area contributed by atoms with Gasteiger partial charge in [-0.3, -0.25) is 0 Å². The van der Waals surface area contributed by atoms with Crippen LogP contribution in [0, 0.1) is 0 Å². The fourth-order valence-corrected chi connectivity index (χ4v) is 0.981. The largest absolute Gasteiger partial charge is 0.303 e. The summed E-state index contributed by atoms with van der Waals surface area (Å²) in [6.07, 6.45) is 1.41. The van der Waals surface area contributed by atoms with E-state index < -0.39 is 0 Å². The van der Waals surface area contributed by atoms with Gasteiger partial charge in [-0.2, -0.15) is 0 Å². The molecule has 0 unspecified atom stereocenters. The molecular weight excluding hydrogens is 204 g/mol. The van der Waals surface area contributed by atoms with E-state index in [-0.39, 0.29) is 7.43 Å². The lowest BCUT2D eigenvalue weighted by molar-refractivity contribution is -0.107. The Morgan fingerprint density at radius 2 is 1.82 bits per heavy atom. The van der Waals surface area contributed by atoms with E-state index in [1.807, 2.05) is 24.3 Å². The maximum Gasteiger partial charge on any atom is 0.124 e. The smallest absolute Gasteiger partial charge is 0.124 e. The van der Waals surface area contributed by atoms with Crippen LogP contribution in [0.3, 0.4) is 0 Å². The Hall–Kier alpha value is -0.630. The minimum absolute atomic E-state index is 0. The summed E-state index contributed by atoms with van der Waals surface area (Å²) in [6.45, 7) is 0. The number of carbonyl (C=O) groups excluding carboxylic acids is 1. The van der Waals surface area contributed by atoms with Gasteiger partial charge in [0, 0.05) is 10.9 Å². The highest BCUT2D eigenvalue weighted by molar-refractivity contribution is 9.10. The molecule has 1 nitrogen and oxygen atoms in total. The number of rotatable bonds is 2. The van der Waals surface area contributed by atoms with Crippen LogP contribution in [0.2, 0.25) is 0 Å². The van der Waals surface area contributed by atoms with Gasteiger partial charge in [0.05, 0.1) is 0 Å². The van der Waals surface area contributed by atoms with Gasteiger partial charge in [-0.15, -0.1) is 0 Å². The van der Waals surface area contributed by atoms with Gasteiger partial charge in [-0.25, -0.2) is 0 Å². The van der Waals surface area contributed by atoms with Crippen LogP contribution in [-0.2, 0) is 11.2 Å². The molecule has 0 saturated carbocycles. The Morgan fingerprint density at radius 1 is 1.27 bits per heavy atom. The van der Waals surface area contributed by atoms with Crippen molar-refractivity contribution in [2.24, 2.45) is 0 Å². The van der Waals surface area contributed by atoms with Crippen LogP contribution in [0.5, 0.6) is 0 Å². The first-order chi connectivity index (χ1) is 4.83. The summed E-state index contributed by atoms with van der Waals surface area (Å²) in [4.78, 5) is 10.0. The second kappa shape index (κ2) is 5.08. The van der Waals surface area contributed by atoms with Crippen molar-refractivity contribution in [3.8, 4) is 0 Å². The Bertz CT molecular complexity index is 216. The molecule has 0 aliphatic heterocycles. The van der Waals surface area contributed by atoms with Crippen molar-refractivity contribution in [3.63, 3.8) is 0 Å². The van der Waals surface area contributed by atoms with Crippen molar-refractivity contribution in [2.45, 2.75) is 13.8 Å². The zero-order valence-corrected chi connectivity index (χ0v) is 6.97. The number of hydrogen-bond acceptors (Lipinski definition) is 1. The van der Waals surface area contributed by atoms with Crippen LogP contribution in [0.1, 0.15) is 13.0 Å². The van der Waals surface area contributed by atoms with Crippen molar-refractivity contribution in [1.82, 2.24) is 0 Å². The van der Waals surface area contributed by atoms with Gasteiger partial charge >= 0.3 is 0 Å². The summed E-state index contributed by atoms with van der Waals surface area (Å²) < 4.78 is 1.04. The number of hydrogen-bond donors (Lipinski definition) is 0. The summed E-state index contributed by atoms with van der Waals surface area (Å²) >= 11 is 3.31. The average molecular weight is 215 g/mol. The molecule has 0 fully saturated rings. The molecule has 0 radical (unpaired) electrons. The van der Waals surface area contributed by atoms with Crippen molar-refractivity contribution in [1.29, 1.82) is 0 Å². The van der Waals surface area contributed by atoms with Crippen molar-refractivity contribution in [3.05, 3.63) is 34.3 Å². The molecule has 0 amide bonds. The summed E-state index contributed by atoms with van der Waals surface area (Å²) in [6, 6.07) is 7.72. The maximum absolute atomic E-state index is 10.0. The third-order valence-corrected chi connectivity index (χ3v) is 1.76. The molecular formula is C9H11BrO. The SMILES string of the molecule is C.O=CCc1ccc(Br)cc1. The van der Waals surface area contributed by atoms with E-state index >= 15 is 0 Å². The molecule has 0 heterocycles. The van der Waals surface area contributed by atoms with Crippen molar-refractivity contribution < 1.29 is 4.79 Å². The van der Waals surface area contributed by atoms with Gasteiger partial charge in [0.2, 0.25) is 0 Å². The van der Waals surface area contributed by atoms with Crippen LogP contribution in [-0.4, -0.2) is 6.29 Å². The molecule has 0 atom stereocenters. The van der Waals surface area contributed by atoms with Crippen molar-refractivity contribution >= 4 is 22.2 Å². The van der Waals surface area contributed by atoms with Crippen molar-refractivity contribution in [2.75, 3.05) is 0 Å². The normalized spacial score (nSPS) is 8.45. The van der Waals surface area contributed by atoms with E-state index in [1.54, 1.807) is 0 Å². The topological polar surface area (TPSA) is 17.1 Å². The fourth-order valence-electron chi connectivity index (χ4n) is 0.717. The zero-order valence-electron chi connectivity index (χ0n) is 5.38. The third-order valence-electron chi connectivity index (χ3n) is 1.23. The summed E-state index contributed by atoms with van der Waals surface area (Å²) in [5, 5.41) is 0. The van der Waals surface area contributed by atoms with E-state index in [9.17, 15) is 4.79 Å². The average Bonchev–Trinajstić information content (AvgIpc) is 1.95. The molecule has 11 heavy (non-hydrogen) atoms. The second-order valence-electron chi connectivity index (χ2n) is 2.00. The molecule has 0 spiro atoms. The van der Waals surface area contributed by atoms with E-state index in [1.165, 1.54) is 0 Å². The van der Waals surface area contributed by atoms with E-state index in [0.29, 0.717) is 6.42 Å². The minimum Gasteiger partial charge on any atom is -0.303 e. The molecule has 0 bridgehead atoms. The molecule has 0 aliphatic carbocycles. The van der Waals surface area contributed by atoms with Gasteiger partial charge in [-0.05, 0) is 17.7 Å². The van der Waals surface area contributed by atoms with E-state index in [0.717, 1.165) is 16.3 Å². The number of carbonyl (C=O) groups is 1. The van der Waals surface area contributed by atoms with Crippen LogP contribution < -0.4 is 0 Å². The lowest BCUT2D eigenvalue weighted by Crippen LogP contribution is -1.83. The van der Waals surface area contributed by atoms with E-state index in [4.69, 9.17) is 0 Å². The lowest BCUT2D eigenvalue weighted by Gasteiger charge is -1.92. The van der Waals surface area contributed by atoms with Gasteiger partial charge in [-0.1, -0.05) is 35.5 Å². The highest BCUT2D eigenvalue weighted by atomic mass is 79.9. The molecule has 2 heteroatoms. The molecule has 0 N–H and O–H groups in total. The predicted octanol–water partition coefficient (Wildman–Crippen LogP) is 2.83. The van der Waals surface area contributed by atoms with Gasteiger partial charge in [0.1, 0.15) is 6.29 Å². The quantitative estimate of drug-likeness (QED) is 0.693. The summed E-state index contributed by atoms with van der Waals surface area (Å²) in [5.41, 5.74) is 1.05. The lowest BCUT2D eigenvalue weighted by atomic mass is 10.2. The first-order valence-electron chi connectivity index (χ1n) is 3.01. The predicted molar refractivity (Wildman–Crippen MR) is 50.6 cm³/mol. The Morgan fingerprint density at radius 3 is 2.27 bits per heavy atom. The summed E-state index contributed by atoms with van der Waals surface area (Å²) in [5.74, 6) is 0. The van der Waals surface area contributed by atoms with Gasteiger partial charge in [0.25, 0.3) is 0 Å². The molecule has 60 valence electrons. The molecule has 0 aliphatic rings. The number of benzene rings is 1. The minimum atomic E-state index is 0. The fraction of sp³-hybridized carbons (Fsp3) is 0.222. The van der Waals surface area contributed by atoms with Crippen LogP contribution in [0.15, 0.2) is 28.7 Å².